The zero-order valence-corrected chi connectivity index (χ0v) is 11.7. The van der Waals surface area contributed by atoms with Crippen molar-refractivity contribution >= 4 is 23.4 Å². The Bertz CT molecular complexity index is 407. The number of carbonyl (C=O) groups excluding carboxylic acids is 1. The van der Waals surface area contributed by atoms with E-state index in [4.69, 9.17) is 11.5 Å². The molecular formula is C12H20N4OS. The molecule has 0 aliphatic heterocycles. The Morgan fingerprint density at radius 2 is 2.06 bits per heavy atom. The first-order valence-electron chi connectivity index (χ1n) is 6.00. The average molecular weight is 268 g/mol. The Kier molecular flexibility index (Phi) is 5.94. The highest BCUT2D eigenvalue weighted by molar-refractivity contribution is 7.99. The van der Waals surface area contributed by atoms with Gasteiger partial charge in [0.15, 0.2) is 0 Å². The number of hydrogen-bond donors (Lipinski definition) is 2. The van der Waals surface area contributed by atoms with Gasteiger partial charge >= 0.3 is 0 Å². The summed E-state index contributed by atoms with van der Waals surface area (Å²) in [6.45, 7) is 7.30. The van der Waals surface area contributed by atoms with Crippen LogP contribution in [0.1, 0.15) is 24.3 Å². The first-order valence-corrected chi connectivity index (χ1v) is 6.98. The molecule has 1 aromatic heterocycles. The summed E-state index contributed by atoms with van der Waals surface area (Å²) in [5.41, 5.74) is 11.9. The topological polar surface area (TPSA) is 85.2 Å². The van der Waals surface area contributed by atoms with Gasteiger partial charge in [-0.2, -0.15) is 0 Å². The average Bonchev–Trinajstić information content (AvgIpc) is 2.36. The van der Waals surface area contributed by atoms with E-state index in [1.165, 1.54) is 0 Å². The highest BCUT2D eigenvalue weighted by Gasteiger charge is 2.08. The second-order valence-corrected chi connectivity index (χ2v) is 4.91. The molecule has 5 nitrogen and oxygen atoms in total. The molecule has 0 radical (unpaired) electrons. The maximum absolute atomic E-state index is 11.0. The van der Waals surface area contributed by atoms with Crippen LogP contribution in [0.4, 0.5) is 5.69 Å². The van der Waals surface area contributed by atoms with Crippen molar-refractivity contribution in [3.8, 4) is 0 Å². The summed E-state index contributed by atoms with van der Waals surface area (Å²) in [4.78, 5) is 17.5. The molecule has 0 saturated carbocycles. The highest BCUT2D eigenvalue weighted by Crippen LogP contribution is 2.22. The molecule has 6 heteroatoms. The minimum atomic E-state index is -0.527. The molecule has 0 atom stereocenters. The second-order valence-electron chi connectivity index (χ2n) is 3.83. The number of rotatable bonds is 7. The number of hydrogen-bond acceptors (Lipinski definition) is 5. The van der Waals surface area contributed by atoms with Gasteiger partial charge in [0.1, 0.15) is 10.7 Å². The summed E-state index contributed by atoms with van der Waals surface area (Å²) in [6, 6.07) is 3.22. The number of nitrogens with zero attached hydrogens (tertiary/aromatic N) is 2. The van der Waals surface area contributed by atoms with Gasteiger partial charge in [-0.05, 0) is 25.2 Å². The van der Waals surface area contributed by atoms with Crippen LogP contribution in [0.15, 0.2) is 17.2 Å². The molecule has 0 bridgehead atoms. The van der Waals surface area contributed by atoms with Gasteiger partial charge in [-0.1, -0.05) is 13.8 Å². The van der Waals surface area contributed by atoms with Crippen LogP contribution in [0.5, 0.6) is 0 Å². The molecule has 0 unspecified atom stereocenters. The van der Waals surface area contributed by atoms with Gasteiger partial charge < -0.3 is 16.4 Å². The smallest absolute Gasteiger partial charge is 0.267 e. The maximum atomic E-state index is 11.0. The normalized spacial score (nSPS) is 10.8. The molecule has 1 aromatic rings. The SMILES string of the molecule is CCN(CC)CCSc1nc(C(N)=O)ccc1N. The molecular weight excluding hydrogens is 248 g/mol. The minimum absolute atomic E-state index is 0.259. The molecule has 0 aliphatic carbocycles. The third kappa shape index (κ3) is 4.19. The summed E-state index contributed by atoms with van der Waals surface area (Å²) in [5, 5.41) is 0.679. The van der Waals surface area contributed by atoms with E-state index in [-0.39, 0.29) is 5.69 Å². The molecule has 18 heavy (non-hydrogen) atoms. The number of pyridine rings is 1. The summed E-state index contributed by atoms with van der Waals surface area (Å²) < 4.78 is 0. The second kappa shape index (κ2) is 7.23. The van der Waals surface area contributed by atoms with E-state index in [1.807, 2.05) is 0 Å². The van der Waals surface area contributed by atoms with Crippen molar-refractivity contribution in [1.82, 2.24) is 9.88 Å². The number of aromatic nitrogens is 1. The number of carbonyl (C=O) groups is 1. The summed E-state index contributed by atoms with van der Waals surface area (Å²) in [5.74, 6) is 0.363. The van der Waals surface area contributed by atoms with Crippen LogP contribution in [0.25, 0.3) is 0 Å². The molecule has 1 amide bonds. The number of nitrogen functional groups attached to an aromatic ring is 1. The number of anilines is 1. The van der Waals surface area contributed by atoms with Crippen LogP contribution in [-0.4, -0.2) is 41.2 Å². The molecule has 0 spiro atoms. The largest absolute Gasteiger partial charge is 0.397 e. The van der Waals surface area contributed by atoms with Crippen LogP contribution in [0.2, 0.25) is 0 Å². The molecule has 1 rings (SSSR count). The van der Waals surface area contributed by atoms with Crippen molar-refractivity contribution in [2.24, 2.45) is 5.73 Å². The van der Waals surface area contributed by atoms with E-state index in [1.54, 1.807) is 23.9 Å². The van der Waals surface area contributed by atoms with E-state index >= 15 is 0 Å². The Morgan fingerprint density at radius 3 is 2.61 bits per heavy atom. The zero-order chi connectivity index (χ0) is 13.5. The third-order valence-corrected chi connectivity index (χ3v) is 3.67. The van der Waals surface area contributed by atoms with Crippen molar-refractivity contribution < 1.29 is 4.79 Å². The van der Waals surface area contributed by atoms with Crippen molar-refractivity contribution in [3.63, 3.8) is 0 Å². The lowest BCUT2D eigenvalue weighted by Crippen LogP contribution is -2.25. The van der Waals surface area contributed by atoms with Gasteiger partial charge in [0.25, 0.3) is 5.91 Å². The van der Waals surface area contributed by atoms with Gasteiger partial charge in [0, 0.05) is 12.3 Å². The van der Waals surface area contributed by atoms with Gasteiger partial charge in [0.2, 0.25) is 0 Å². The monoisotopic (exact) mass is 268 g/mol. The lowest BCUT2D eigenvalue weighted by atomic mass is 10.3. The highest BCUT2D eigenvalue weighted by atomic mass is 32.2. The Hall–Kier alpha value is -1.27. The van der Waals surface area contributed by atoms with Crippen LogP contribution in [0.3, 0.4) is 0 Å². The third-order valence-electron chi connectivity index (χ3n) is 2.68. The van der Waals surface area contributed by atoms with Gasteiger partial charge in [-0.25, -0.2) is 4.98 Å². The maximum Gasteiger partial charge on any atom is 0.267 e. The zero-order valence-electron chi connectivity index (χ0n) is 10.8. The van der Waals surface area contributed by atoms with Gasteiger partial charge in [-0.3, -0.25) is 4.79 Å². The first kappa shape index (κ1) is 14.8. The van der Waals surface area contributed by atoms with E-state index in [9.17, 15) is 4.79 Å². The number of primary amides is 1. The van der Waals surface area contributed by atoms with Gasteiger partial charge in [-0.15, -0.1) is 11.8 Å². The molecule has 100 valence electrons. The molecule has 0 fully saturated rings. The van der Waals surface area contributed by atoms with Crippen molar-refractivity contribution in [2.75, 3.05) is 31.1 Å². The predicted molar refractivity (Wildman–Crippen MR) is 75.7 cm³/mol. The molecule has 4 N–H and O–H groups in total. The Balaban J connectivity index is 2.61. The molecule has 1 heterocycles. The fourth-order valence-corrected chi connectivity index (χ4v) is 2.46. The van der Waals surface area contributed by atoms with E-state index in [2.05, 4.69) is 23.7 Å². The van der Waals surface area contributed by atoms with Crippen LogP contribution in [0, 0.1) is 0 Å². The fourth-order valence-electron chi connectivity index (χ4n) is 1.52. The Labute approximate surface area is 112 Å². The summed E-state index contributed by atoms with van der Waals surface area (Å²) in [7, 11) is 0. The van der Waals surface area contributed by atoms with Crippen molar-refractivity contribution in [1.29, 1.82) is 0 Å². The minimum Gasteiger partial charge on any atom is -0.397 e. The Morgan fingerprint density at radius 1 is 1.39 bits per heavy atom. The number of nitrogens with two attached hydrogens (primary N) is 2. The molecule has 0 saturated heterocycles. The lowest BCUT2D eigenvalue weighted by Gasteiger charge is -2.17. The molecule has 0 aliphatic rings. The van der Waals surface area contributed by atoms with Crippen LogP contribution < -0.4 is 11.5 Å². The number of thioether (sulfide) groups is 1. The quantitative estimate of drug-likeness (QED) is 0.726. The van der Waals surface area contributed by atoms with Gasteiger partial charge in [0.05, 0.1) is 5.69 Å². The summed E-state index contributed by atoms with van der Waals surface area (Å²) >= 11 is 1.55. The van der Waals surface area contributed by atoms with E-state index in [0.29, 0.717) is 10.7 Å². The fraction of sp³-hybridized carbons (Fsp3) is 0.500. The lowest BCUT2D eigenvalue weighted by molar-refractivity contribution is 0.0995. The van der Waals surface area contributed by atoms with Crippen molar-refractivity contribution in [2.45, 2.75) is 18.9 Å². The summed E-state index contributed by atoms with van der Waals surface area (Å²) in [6.07, 6.45) is 0. The van der Waals surface area contributed by atoms with E-state index < -0.39 is 5.91 Å². The first-order chi connectivity index (χ1) is 8.58. The standard InChI is InChI=1S/C12H20N4OS/c1-3-16(4-2)7-8-18-12-9(13)5-6-10(15-12)11(14)17/h5-6H,3-4,7-8,13H2,1-2H3,(H2,14,17). The predicted octanol–water partition coefficient (Wildman–Crippen LogP) is 1.20. The van der Waals surface area contributed by atoms with Crippen LogP contribution in [-0.2, 0) is 0 Å². The van der Waals surface area contributed by atoms with E-state index in [0.717, 1.165) is 25.4 Å². The van der Waals surface area contributed by atoms with Crippen molar-refractivity contribution in [3.05, 3.63) is 17.8 Å². The van der Waals surface area contributed by atoms with Crippen LogP contribution >= 0.6 is 11.8 Å². The number of amides is 1. The molecule has 0 aromatic carbocycles.